The molecule has 0 N–H and O–H groups in total. The number of rotatable bonds is 4. The highest BCUT2D eigenvalue weighted by Gasteiger charge is 2.19. The van der Waals surface area contributed by atoms with Crippen LogP contribution in [0.1, 0.15) is 12.8 Å². The molecule has 0 saturated carbocycles. The quantitative estimate of drug-likeness (QED) is 0.560. The smallest absolute Gasteiger partial charge is 0.0163 e. The van der Waals surface area contributed by atoms with E-state index in [9.17, 15) is 0 Å². The van der Waals surface area contributed by atoms with Crippen molar-refractivity contribution in [1.29, 1.82) is 0 Å². The summed E-state index contributed by atoms with van der Waals surface area (Å²) in [4.78, 5) is 4.86. The van der Waals surface area contributed by atoms with Gasteiger partial charge in [-0.1, -0.05) is 12.2 Å². The lowest BCUT2D eigenvalue weighted by Crippen LogP contribution is -2.41. The predicted molar refractivity (Wildman–Crippen MR) is 66.1 cm³/mol. The van der Waals surface area contributed by atoms with Crippen LogP contribution in [-0.2, 0) is 0 Å². The predicted octanol–water partition coefficient (Wildman–Crippen LogP) is 1.50. The van der Waals surface area contributed by atoms with Gasteiger partial charge in [0.15, 0.2) is 0 Å². The third-order valence-corrected chi connectivity index (χ3v) is 3.19. The van der Waals surface area contributed by atoms with Crippen molar-refractivity contribution in [2.24, 2.45) is 0 Å². The second-order valence-corrected chi connectivity index (χ2v) is 4.49. The molecule has 1 rings (SSSR count). The number of hydrogen-bond donors (Lipinski definition) is 1. The fourth-order valence-electron chi connectivity index (χ4n) is 1.90. The average Bonchev–Trinajstić information content (AvgIpc) is 2.19. The molecule has 0 unspecified atom stereocenters. The highest BCUT2D eigenvalue weighted by molar-refractivity contribution is 7.80. The highest BCUT2D eigenvalue weighted by atomic mass is 32.1. The van der Waals surface area contributed by atoms with E-state index in [0.717, 1.165) is 18.3 Å². The van der Waals surface area contributed by atoms with Gasteiger partial charge in [0, 0.05) is 18.3 Å². The Balaban J connectivity index is 2.23. The van der Waals surface area contributed by atoms with Crippen molar-refractivity contribution in [3.05, 3.63) is 12.2 Å². The molecule has 14 heavy (non-hydrogen) atoms. The summed E-state index contributed by atoms with van der Waals surface area (Å²) in [6.45, 7) is 3.55. The summed E-state index contributed by atoms with van der Waals surface area (Å²) in [7, 11) is 4.43. The monoisotopic (exact) mass is 214 g/mol. The van der Waals surface area contributed by atoms with Crippen LogP contribution in [0.4, 0.5) is 0 Å². The lowest BCUT2D eigenvalue weighted by molar-refractivity contribution is 0.154. The summed E-state index contributed by atoms with van der Waals surface area (Å²) in [6.07, 6.45) is 6.95. The Morgan fingerprint density at radius 1 is 1.36 bits per heavy atom. The van der Waals surface area contributed by atoms with Crippen LogP contribution < -0.4 is 0 Å². The lowest BCUT2D eigenvalue weighted by atomic mass is 10.0. The molecule has 0 spiro atoms. The highest BCUT2D eigenvalue weighted by Crippen LogP contribution is 2.13. The maximum Gasteiger partial charge on any atom is 0.0163 e. The van der Waals surface area contributed by atoms with E-state index in [2.05, 4.69) is 48.7 Å². The van der Waals surface area contributed by atoms with Gasteiger partial charge in [0.05, 0.1) is 0 Å². The molecule has 1 aliphatic rings. The van der Waals surface area contributed by atoms with Gasteiger partial charge in [-0.25, -0.2) is 0 Å². The molecular weight excluding hydrogens is 192 g/mol. The fourth-order valence-corrected chi connectivity index (χ4v) is 2.05. The van der Waals surface area contributed by atoms with Crippen LogP contribution in [0.5, 0.6) is 0 Å². The second-order valence-electron chi connectivity index (χ2n) is 4.13. The van der Waals surface area contributed by atoms with E-state index in [1.165, 1.54) is 25.9 Å². The second kappa shape index (κ2) is 6.49. The first-order chi connectivity index (χ1) is 6.74. The minimum Gasteiger partial charge on any atom is -0.306 e. The Morgan fingerprint density at radius 3 is 2.57 bits per heavy atom. The van der Waals surface area contributed by atoms with Gasteiger partial charge in [-0.05, 0) is 40.0 Å². The summed E-state index contributed by atoms with van der Waals surface area (Å²) in [5, 5.41) is 0. The van der Waals surface area contributed by atoms with Gasteiger partial charge in [0.1, 0.15) is 0 Å². The van der Waals surface area contributed by atoms with Crippen molar-refractivity contribution in [2.45, 2.75) is 18.9 Å². The molecule has 0 aliphatic carbocycles. The molecule has 0 aromatic heterocycles. The standard InChI is InChI=1S/C11H22N2S/c1-12-8-5-11(6-9-12)13(2)7-3-4-10-14/h3-4,11,14H,5-10H2,1-2H3. The minimum absolute atomic E-state index is 0.774. The van der Waals surface area contributed by atoms with Crippen molar-refractivity contribution in [3.8, 4) is 0 Å². The first kappa shape index (κ1) is 12.1. The molecule has 3 heteroatoms. The number of piperidine rings is 1. The van der Waals surface area contributed by atoms with E-state index in [-0.39, 0.29) is 0 Å². The van der Waals surface area contributed by atoms with Gasteiger partial charge in [0.25, 0.3) is 0 Å². The fraction of sp³-hybridized carbons (Fsp3) is 0.818. The number of likely N-dealkylation sites (tertiary alicyclic amines) is 1. The Hall–Kier alpha value is 0.01000. The number of nitrogens with zero attached hydrogens (tertiary/aromatic N) is 2. The summed E-state index contributed by atoms with van der Waals surface area (Å²) in [6, 6.07) is 0.774. The molecule has 1 heterocycles. The third kappa shape index (κ3) is 4.03. The van der Waals surface area contributed by atoms with E-state index in [4.69, 9.17) is 0 Å². The Labute approximate surface area is 93.4 Å². The van der Waals surface area contributed by atoms with Crippen LogP contribution in [0, 0.1) is 0 Å². The molecule has 0 radical (unpaired) electrons. The van der Waals surface area contributed by atoms with Crippen LogP contribution in [0.3, 0.4) is 0 Å². The Kier molecular flexibility index (Phi) is 5.60. The van der Waals surface area contributed by atoms with Crippen LogP contribution in [0.25, 0.3) is 0 Å². The van der Waals surface area contributed by atoms with E-state index < -0.39 is 0 Å². The molecule has 0 amide bonds. The minimum atomic E-state index is 0.774. The summed E-state index contributed by atoms with van der Waals surface area (Å²) in [5.41, 5.74) is 0. The van der Waals surface area contributed by atoms with Crippen molar-refractivity contribution >= 4 is 12.6 Å². The topological polar surface area (TPSA) is 6.48 Å². The van der Waals surface area contributed by atoms with Crippen LogP contribution in [0.15, 0.2) is 12.2 Å². The molecular formula is C11H22N2S. The maximum absolute atomic E-state index is 4.15. The van der Waals surface area contributed by atoms with Gasteiger partial charge >= 0.3 is 0 Å². The van der Waals surface area contributed by atoms with Crippen molar-refractivity contribution in [1.82, 2.24) is 9.80 Å². The Morgan fingerprint density at radius 2 is 2.00 bits per heavy atom. The number of likely N-dealkylation sites (N-methyl/N-ethyl adjacent to an activating group) is 1. The summed E-state index contributed by atoms with van der Waals surface area (Å²) in [5.74, 6) is 0.848. The van der Waals surface area contributed by atoms with Crippen molar-refractivity contribution < 1.29 is 0 Å². The van der Waals surface area contributed by atoms with Crippen molar-refractivity contribution in [3.63, 3.8) is 0 Å². The SMILES string of the molecule is CN1CCC(N(C)CC=CCS)CC1. The third-order valence-electron chi connectivity index (χ3n) is 2.98. The zero-order valence-corrected chi connectivity index (χ0v) is 10.2. The first-order valence-corrected chi connectivity index (χ1v) is 6.02. The van der Waals surface area contributed by atoms with E-state index in [0.29, 0.717) is 0 Å². The number of thiol groups is 1. The molecule has 82 valence electrons. The summed E-state index contributed by atoms with van der Waals surface area (Å²) < 4.78 is 0. The van der Waals surface area contributed by atoms with Gasteiger partial charge in [0.2, 0.25) is 0 Å². The molecule has 1 fully saturated rings. The lowest BCUT2D eigenvalue weighted by Gasteiger charge is -2.34. The molecule has 1 saturated heterocycles. The van der Waals surface area contributed by atoms with Gasteiger partial charge in [-0.3, -0.25) is 4.90 Å². The zero-order chi connectivity index (χ0) is 10.4. The van der Waals surface area contributed by atoms with E-state index in [1.807, 2.05) is 0 Å². The first-order valence-electron chi connectivity index (χ1n) is 5.38. The van der Waals surface area contributed by atoms with Gasteiger partial charge in [-0.2, -0.15) is 12.6 Å². The molecule has 0 bridgehead atoms. The molecule has 1 aliphatic heterocycles. The zero-order valence-electron chi connectivity index (χ0n) is 9.32. The van der Waals surface area contributed by atoms with Gasteiger partial charge < -0.3 is 4.90 Å². The number of hydrogen-bond acceptors (Lipinski definition) is 3. The Bertz CT molecular complexity index is 174. The van der Waals surface area contributed by atoms with Crippen LogP contribution in [-0.4, -0.2) is 55.3 Å². The van der Waals surface area contributed by atoms with Crippen LogP contribution in [0.2, 0.25) is 0 Å². The van der Waals surface area contributed by atoms with Crippen molar-refractivity contribution in [2.75, 3.05) is 39.5 Å². The van der Waals surface area contributed by atoms with E-state index in [1.54, 1.807) is 0 Å². The largest absolute Gasteiger partial charge is 0.306 e. The molecule has 0 atom stereocenters. The van der Waals surface area contributed by atoms with Gasteiger partial charge in [-0.15, -0.1) is 0 Å². The maximum atomic E-state index is 4.15. The van der Waals surface area contributed by atoms with E-state index >= 15 is 0 Å². The molecule has 0 aromatic rings. The average molecular weight is 214 g/mol. The molecule has 2 nitrogen and oxygen atoms in total. The molecule has 0 aromatic carbocycles. The summed E-state index contributed by atoms with van der Waals surface area (Å²) >= 11 is 4.15. The normalized spacial score (nSPS) is 21.1. The van der Waals surface area contributed by atoms with Crippen LogP contribution >= 0.6 is 12.6 Å².